The molecule has 2 aromatic rings. The minimum atomic E-state index is -0.535. The molecule has 1 aliphatic heterocycles. The fraction of sp³-hybridized carbons (Fsp3) is 0.389. The number of amides is 1. The predicted octanol–water partition coefficient (Wildman–Crippen LogP) is 2.28. The summed E-state index contributed by atoms with van der Waals surface area (Å²) in [4.78, 5) is 29.2. The molecule has 0 atom stereocenters. The second-order valence-corrected chi connectivity index (χ2v) is 6.44. The number of methoxy groups -OCH3 is 1. The molecule has 0 fully saturated rings. The number of carbonyl (C=O) groups excluding carboxylic acids is 1. The lowest BCUT2D eigenvalue weighted by Gasteiger charge is -2.19. The van der Waals surface area contributed by atoms with Gasteiger partial charge in [-0.25, -0.2) is 0 Å². The normalized spacial score (nSPS) is 14.4. The minimum absolute atomic E-state index is 0.0925. The number of ether oxygens (including phenoxy) is 1. The van der Waals surface area contributed by atoms with E-state index >= 15 is 0 Å². The van der Waals surface area contributed by atoms with Crippen molar-refractivity contribution in [3.63, 3.8) is 0 Å². The lowest BCUT2D eigenvalue weighted by Crippen LogP contribution is -2.23. The van der Waals surface area contributed by atoms with Crippen molar-refractivity contribution in [3.8, 4) is 5.75 Å². The highest BCUT2D eigenvalue weighted by molar-refractivity contribution is 5.92. The van der Waals surface area contributed by atoms with Crippen molar-refractivity contribution in [2.75, 3.05) is 32.6 Å². The van der Waals surface area contributed by atoms with E-state index in [2.05, 4.69) is 26.4 Å². The molecular formula is C18H21N5O5. The average Bonchev–Trinajstić information content (AvgIpc) is 3.16. The van der Waals surface area contributed by atoms with Crippen molar-refractivity contribution < 1.29 is 19.0 Å². The Bertz CT molecular complexity index is 908. The van der Waals surface area contributed by atoms with Gasteiger partial charge in [-0.05, 0) is 25.1 Å². The fourth-order valence-electron chi connectivity index (χ4n) is 2.80. The second-order valence-electron chi connectivity index (χ2n) is 6.44. The van der Waals surface area contributed by atoms with E-state index < -0.39 is 4.92 Å². The molecule has 0 saturated carbocycles. The maximum absolute atomic E-state index is 12.2. The van der Waals surface area contributed by atoms with Crippen molar-refractivity contribution in [2.24, 2.45) is 0 Å². The van der Waals surface area contributed by atoms with Crippen LogP contribution in [0.5, 0.6) is 5.75 Å². The molecule has 1 aliphatic rings. The third-order valence-electron chi connectivity index (χ3n) is 4.40. The molecule has 3 rings (SSSR count). The van der Waals surface area contributed by atoms with Crippen molar-refractivity contribution in [1.29, 1.82) is 0 Å². The number of benzene rings is 1. The largest absolute Gasteiger partial charge is 0.495 e. The van der Waals surface area contributed by atoms with Crippen LogP contribution in [0.1, 0.15) is 24.6 Å². The van der Waals surface area contributed by atoms with Crippen LogP contribution in [-0.2, 0) is 11.2 Å². The van der Waals surface area contributed by atoms with Crippen molar-refractivity contribution in [2.45, 2.75) is 19.3 Å². The van der Waals surface area contributed by atoms with Crippen molar-refractivity contribution >= 4 is 22.9 Å². The van der Waals surface area contributed by atoms with Crippen LogP contribution >= 0.6 is 0 Å². The Morgan fingerprint density at radius 2 is 2.29 bits per heavy atom. The number of hydrogen-bond acceptors (Lipinski definition) is 8. The van der Waals surface area contributed by atoms with E-state index in [-0.39, 0.29) is 30.1 Å². The van der Waals surface area contributed by atoms with Gasteiger partial charge in [-0.2, -0.15) is 4.98 Å². The third-order valence-corrected chi connectivity index (χ3v) is 4.40. The Hall–Kier alpha value is -3.27. The summed E-state index contributed by atoms with van der Waals surface area (Å²) in [5.74, 6) is 0.935. The van der Waals surface area contributed by atoms with Gasteiger partial charge in [-0.15, -0.1) is 0 Å². The highest BCUT2D eigenvalue weighted by Crippen LogP contribution is 2.29. The lowest BCUT2D eigenvalue weighted by molar-refractivity contribution is -0.384. The van der Waals surface area contributed by atoms with E-state index in [1.54, 1.807) is 0 Å². The summed E-state index contributed by atoms with van der Waals surface area (Å²) in [7, 11) is 3.47. The number of rotatable bonds is 7. The standard InChI is InChI=1S/C18H21N5O5/c1-22-9-7-12(8-10-22)18-20-17(28-21-18)6-5-16(24)19-14-11-13(23(25)26)3-4-15(14)27-2/h3-4,7,11H,5-6,8-10H2,1-2H3,(H,19,24). The van der Waals surface area contributed by atoms with E-state index in [4.69, 9.17) is 9.26 Å². The summed E-state index contributed by atoms with van der Waals surface area (Å²) < 4.78 is 10.4. The molecule has 1 N–H and O–H groups in total. The third kappa shape index (κ3) is 4.71. The van der Waals surface area contributed by atoms with Crippen LogP contribution in [0.4, 0.5) is 11.4 Å². The van der Waals surface area contributed by atoms with Gasteiger partial charge in [0.1, 0.15) is 5.75 Å². The van der Waals surface area contributed by atoms with Gasteiger partial charge in [0.25, 0.3) is 5.69 Å². The zero-order valence-electron chi connectivity index (χ0n) is 15.7. The molecule has 28 heavy (non-hydrogen) atoms. The van der Waals surface area contributed by atoms with Gasteiger partial charge < -0.3 is 19.5 Å². The molecule has 0 saturated heterocycles. The van der Waals surface area contributed by atoms with E-state index in [1.807, 2.05) is 7.05 Å². The number of carbonyl (C=O) groups is 1. The average molecular weight is 387 g/mol. The Morgan fingerprint density at radius 1 is 1.46 bits per heavy atom. The minimum Gasteiger partial charge on any atom is -0.495 e. The molecule has 1 aromatic carbocycles. The topological polar surface area (TPSA) is 124 Å². The van der Waals surface area contributed by atoms with Gasteiger partial charge in [0.15, 0.2) is 5.82 Å². The Labute approximate surface area is 161 Å². The number of aromatic nitrogens is 2. The highest BCUT2D eigenvalue weighted by atomic mass is 16.6. The summed E-state index contributed by atoms with van der Waals surface area (Å²) in [6.07, 6.45) is 3.28. The molecule has 148 valence electrons. The molecule has 10 nitrogen and oxygen atoms in total. The number of non-ortho nitro benzene ring substituents is 1. The summed E-state index contributed by atoms with van der Waals surface area (Å²) in [6, 6.07) is 4.01. The van der Waals surface area contributed by atoms with Gasteiger partial charge in [0, 0.05) is 38.1 Å². The van der Waals surface area contributed by atoms with Gasteiger partial charge in [0.2, 0.25) is 11.8 Å². The van der Waals surface area contributed by atoms with Crippen molar-refractivity contribution in [1.82, 2.24) is 15.0 Å². The van der Waals surface area contributed by atoms with E-state index in [0.29, 0.717) is 17.5 Å². The first-order chi connectivity index (χ1) is 13.5. The lowest BCUT2D eigenvalue weighted by atomic mass is 10.1. The number of hydrogen-bond donors (Lipinski definition) is 1. The molecule has 0 unspecified atom stereocenters. The molecule has 10 heteroatoms. The SMILES string of the molecule is COc1ccc([N+](=O)[O-])cc1NC(=O)CCc1nc(C2=CCN(C)CC2)no1. The predicted molar refractivity (Wildman–Crippen MR) is 101 cm³/mol. The molecular weight excluding hydrogens is 366 g/mol. The number of likely N-dealkylation sites (N-methyl/N-ethyl adjacent to an activating group) is 1. The quantitative estimate of drug-likeness (QED) is 0.567. The smallest absolute Gasteiger partial charge is 0.271 e. The van der Waals surface area contributed by atoms with Crippen LogP contribution in [0.25, 0.3) is 5.57 Å². The van der Waals surface area contributed by atoms with Gasteiger partial charge >= 0.3 is 0 Å². The van der Waals surface area contributed by atoms with E-state index in [1.165, 1.54) is 25.3 Å². The Kier molecular flexibility index (Phi) is 5.99. The monoisotopic (exact) mass is 387 g/mol. The van der Waals surface area contributed by atoms with E-state index in [0.717, 1.165) is 25.1 Å². The number of nitrogens with zero attached hydrogens (tertiary/aromatic N) is 4. The molecule has 1 aromatic heterocycles. The molecule has 0 bridgehead atoms. The first-order valence-corrected chi connectivity index (χ1v) is 8.79. The summed E-state index contributed by atoms with van der Waals surface area (Å²) >= 11 is 0. The highest BCUT2D eigenvalue weighted by Gasteiger charge is 2.17. The molecule has 2 heterocycles. The zero-order valence-corrected chi connectivity index (χ0v) is 15.7. The first kappa shape index (κ1) is 19.5. The number of aryl methyl sites for hydroxylation is 1. The molecule has 1 amide bonds. The number of nitro groups is 1. The second kappa shape index (κ2) is 8.61. The first-order valence-electron chi connectivity index (χ1n) is 8.79. The number of nitrogens with one attached hydrogen (secondary N) is 1. The summed E-state index contributed by atoms with van der Waals surface area (Å²) in [5, 5.41) is 17.5. The van der Waals surface area contributed by atoms with Crippen LogP contribution in [-0.4, -0.2) is 53.1 Å². The van der Waals surface area contributed by atoms with Crippen LogP contribution in [0.2, 0.25) is 0 Å². The van der Waals surface area contributed by atoms with E-state index in [9.17, 15) is 14.9 Å². The van der Waals surface area contributed by atoms with Crippen LogP contribution < -0.4 is 10.1 Å². The maximum Gasteiger partial charge on any atom is 0.271 e. The van der Waals surface area contributed by atoms with Gasteiger partial charge in [-0.3, -0.25) is 14.9 Å². The Balaban J connectivity index is 1.59. The molecule has 0 aliphatic carbocycles. The van der Waals surface area contributed by atoms with Gasteiger partial charge in [0.05, 0.1) is 17.7 Å². The molecule has 0 spiro atoms. The summed E-state index contributed by atoms with van der Waals surface area (Å²) in [6.45, 7) is 1.77. The molecule has 0 radical (unpaired) electrons. The van der Waals surface area contributed by atoms with Crippen LogP contribution in [0.15, 0.2) is 28.8 Å². The Morgan fingerprint density at radius 3 is 2.96 bits per heavy atom. The van der Waals surface area contributed by atoms with Crippen molar-refractivity contribution in [3.05, 3.63) is 46.1 Å². The number of anilines is 1. The van der Waals surface area contributed by atoms with Crippen LogP contribution in [0.3, 0.4) is 0 Å². The van der Waals surface area contributed by atoms with Gasteiger partial charge in [-0.1, -0.05) is 11.2 Å². The fourth-order valence-corrected chi connectivity index (χ4v) is 2.80. The maximum atomic E-state index is 12.2. The van der Waals surface area contributed by atoms with Crippen LogP contribution in [0, 0.1) is 10.1 Å². The summed E-state index contributed by atoms with van der Waals surface area (Å²) in [5.41, 5.74) is 1.15. The zero-order chi connectivity index (χ0) is 20.1. The number of nitro benzene ring substituents is 1.